The van der Waals surface area contributed by atoms with Crippen LogP contribution in [0.1, 0.15) is 37.8 Å². The number of hydrogen-bond donors (Lipinski definition) is 2. The predicted octanol–water partition coefficient (Wildman–Crippen LogP) is 0.731. The molecule has 0 aromatic carbocycles. The van der Waals surface area contributed by atoms with E-state index in [0.717, 1.165) is 31.4 Å². The molecule has 5 heteroatoms. The van der Waals surface area contributed by atoms with Crippen molar-refractivity contribution in [1.82, 2.24) is 15.1 Å². The van der Waals surface area contributed by atoms with Gasteiger partial charge in [0.25, 0.3) is 0 Å². The highest BCUT2D eigenvalue weighted by molar-refractivity contribution is 5.77. The molecule has 1 heterocycles. The van der Waals surface area contributed by atoms with Gasteiger partial charge in [-0.3, -0.25) is 9.48 Å². The maximum absolute atomic E-state index is 11.7. The van der Waals surface area contributed by atoms with Crippen LogP contribution in [0.5, 0.6) is 0 Å². The first-order chi connectivity index (χ1) is 8.09. The summed E-state index contributed by atoms with van der Waals surface area (Å²) in [6, 6.07) is 1.87. The number of nitrogens with zero attached hydrogens (tertiary/aromatic N) is 2. The molecule has 17 heavy (non-hydrogen) atoms. The number of rotatable bonds is 4. The van der Waals surface area contributed by atoms with E-state index in [1.165, 1.54) is 0 Å². The Balaban J connectivity index is 1.80. The van der Waals surface area contributed by atoms with Gasteiger partial charge in [0.1, 0.15) is 0 Å². The fraction of sp³-hybridized carbons (Fsp3) is 0.667. The molecule has 2 rings (SSSR count). The summed E-state index contributed by atoms with van der Waals surface area (Å²) >= 11 is 0. The van der Waals surface area contributed by atoms with E-state index in [0.29, 0.717) is 6.54 Å². The average molecular weight is 237 g/mol. The maximum atomic E-state index is 11.7. The van der Waals surface area contributed by atoms with Gasteiger partial charge in [-0.15, -0.1) is 0 Å². The summed E-state index contributed by atoms with van der Waals surface area (Å²) in [5.74, 6) is -0.0874. The van der Waals surface area contributed by atoms with Gasteiger partial charge in [-0.1, -0.05) is 12.8 Å². The second-order valence-corrected chi connectivity index (χ2v) is 4.83. The molecule has 1 aliphatic carbocycles. The van der Waals surface area contributed by atoms with Gasteiger partial charge in [0.05, 0.1) is 24.3 Å². The molecule has 1 fully saturated rings. The van der Waals surface area contributed by atoms with Gasteiger partial charge in [0.2, 0.25) is 5.91 Å². The van der Waals surface area contributed by atoms with Crippen LogP contribution >= 0.6 is 0 Å². The number of carbonyl (C=O) groups excluding carboxylic acids is 1. The SMILES string of the molecule is Cn1nccc1CNC(=O)CC1(O)CCCC1. The van der Waals surface area contributed by atoms with Gasteiger partial charge in [-0.25, -0.2) is 0 Å². The molecule has 0 atom stereocenters. The molecule has 1 aliphatic rings. The molecule has 5 nitrogen and oxygen atoms in total. The molecule has 0 unspecified atom stereocenters. The Morgan fingerprint density at radius 1 is 1.59 bits per heavy atom. The quantitative estimate of drug-likeness (QED) is 0.811. The van der Waals surface area contributed by atoms with Crippen LogP contribution in [-0.4, -0.2) is 26.4 Å². The molecule has 1 aromatic rings. The fourth-order valence-electron chi connectivity index (χ4n) is 2.34. The predicted molar refractivity (Wildman–Crippen MR) is 63.1 cm³/mol. The van der Waals surface area contributed by atoms with E-state index in [1.807, 2.05) is 13.1 Å². The number of amides is 1. The Kier molecular flexibility index (Phi) is 3.47. The summed E-state index contributed by atoms with van der Waals surface area (Å²) in [6.07, 6.45) is 5.44. The van der Waals surface area contributed by atoms with Crippen LogP contribution in [0.4, 0.5) is 0 Å². The van der Waals surface area contributed by atoms with Crippen molar-refractivity contribution in [3.05, 3.63) is 18.0 Å². The summed E-state index contributed by atoms with van der Waals surface area (Å²) in [5.41, 5.74) is 0.188. The number of hydrogen-bond acceptors (Lipinski definition) is 3. The zero-order valence-corrected chi connectivity index (χ0v) is 10.1. The van der Waals surface area contributed by atoms with E-state index in [9.17, 15) is 9.90 Å². The molecule has 0 bridgehead atoms. The highest BCUT2D eigenvalue weighted by atomic mass is 16.3. The minimum Gasteiger partial charge on any atom is -0.389 e. The monoisotopic (exact) mass is 237 g/mol. The van der Waals surface area contributed by atoms with E-state index >= 15 is 0 Å². The molecular formula is C12H19N3O2. The number of aryl methyl sites for hydroxylation is 1. The molecule has 1 saturated carbocycles. The molecule has 2 N–H and O–H groups in total. The van der Waals surface area contributed by atoms with Gasteiger partial charge in [-0.2, -0.15) is 5.10 Å². The zero-order chi connectivity index (χ0) is 12.3. The minimum absolute atomic E-state index is 0.0874. The molecule has 0 aliphatic heterocycles. The van der Waals surface area contributed by atoms with Crippen molar-refractivity contribution in [1.29, 1.82) is 0 Å². The number of aliphatic hydroxyl groups is 1. The van der Waals surface area contributed by atoms with Crippen LogP contribution in [0.25, 0.3) is 0 Å². The fourth-order valence-corrected chi connectivity index (χ4v) is 2.34. The van der Waals surface area contributed by atoms with Gasteiger partial charge in [-0.05, 0) is 18.9 Å². The average Bonchev–Trinajstić information content (AvgIpc) is 2.85. The second kappa shape index (κ2) is 4.87. The Labute approximate surface area is 101 Å². The third kappa shape index (κ3) is 3.06. The Hall–Kier alpha value is -1.36. The molecule has 94 valence electrons. The van der Waals surface area contributed by atoms with Crippen LogP contribution < -0.4 is 5.32 Å². The normalized spacial score (nSPS) is 18.2. The van der Waals surface area contributed by atoms with Gasteiger partial charge in [0, 0.05) is 13.2 Å². The van der Waals surface area contributed by atoms with E-state index in [4.69, 9.17) is 0 Å². The molecule has 0 spiro atoms. The lowest BCUT2D eigenvalue weighted by atomic mass is 9.98. The first-order valence-electron chi connectivity index (χ1n) is 6.05. The van der Waals surface area contributed by atoms with E-state index in [-0.39, 0.29) is 12.3 Å². The summed E-state index contributed by atoms with van der Waals surface area (Å²) in [7, 11) is 1.84. The van der Waals surface area contributed by atoms with Crippen LogP contribution in [0.2, 0.25) is 0 Å². The van der Waals surface area contributed by atoms with Crippen LogP contribution in [0.3, 0.4) is 0 Å². The zero-order valence-electron chi connectivity index (χ0n) is 10.1. The van der Waals surface area contributed by atoms with Crippen LogP contribution in [0.15, 0.2) is 12.3 Å². The van der Waals surface area contributed by atoms with Crippen molar-refractivity contribution < 1.29 is 9.90 Å². The van der Waals surface area contributed by atoms with E-state index in [2.05, 4.69) is 10.4 Å². The summed E-state index contributed by atoms with van der Waals surface area (Å²) in [5, 5.41) is 16.9. The highest BCUT2D eigenvalue weighted by Gasteiger charge is 2.33. The first-order valence-corrected chi connectivity index (χ1v) is 6.05. The molecule has 1 aromatic heterocycles. The van der Waals surface area contributed by atoms with Crippen molar-refractivity contribution in [3.8, 4) is 0 Å². The first kappa shape index (κ1) is 12.1. The third-order valence-electron chi connectivity index (χ3n) is 3.41. The Morgan fingerprint density at radius 2 is 2.29 bits per heavy atom. The molecule has 0 saturated heterocycles. The lowest BCUT2D eigenvalue weighted by Crippen LogP contribution is -2.34. The van der Waals surface area contributed by atoms with Crippen molar-refractivity contribution in [3.63, 3.8) is 0 Å². The van der Waals surface area contributed by atoms with E-state index < -0.39 is 5.60 Å². The topological polar surface area (TPSA) is 67.2 Å². The highest BCUT2D eigenvalue weighted by Crippen LogP contribution is 2.32. The minimum atomic E-state index is -0.767. The number of carbonyl (C=O) groups is 1. The smallest absolute Gasteiger partial charge is 0.223 e. The number of nitrogens with one attached hydrogen (secondary N) is 1. The lowest BCUT2D eigenvalue weighted by molar-refractivity contribution is -0.126. The molecule has 1 amide bonds. The van der Waals surface area contributed by atoms with E-state index in [1.54, 1.807) is 10.9 Å². The van der Waals surface area contributed by atoms with Gasteiger partial charge < -0.3 is 10.4 Å². The Bertz CT molecular complexity index is 394. The van der Waals surface area contributed by atoms with Crippen LogP contribution in [0, 0.1) is 0 Å². The lowest BCUT2D eigenvalue weighted by Gasteiger charge is -2.21. The molecule has 0 radical (unpaired) electrons. The van der Waals surface area contributed by atoms with Crippen molar-refractivity contribution in [2.24, 2.45) is 7.05 Å². The number of aromatic nitrogens is 2. The summed E-state index contributed by atoms with van der Waals surface area (Å²) in [6.45, 7) is 0.464. The van der Waals surface area contributed by atoms with Crippen molar-refractivity contribution in [2.75, 3.05) is 0 Å². The third-order valence-corrected chi connectivity index (χ3v) is 3.41. The van der Waals surface area contributed by atoms with Gasteiger partial charge in [0.15, 0.2) is 0 Å². The van der Waals surface area contributed by atoms with Crippen molar-refractivity contribution >= 4 is 5.91 Å². The summed E-state index contributed by atoms with van der Waals surface area (Å²) in [4.78, 5) is 11.7. The van der Waals surface area contributed by atoms with Crippen molar-refractivity contribution in [2.45, 2.75) is 44.2 Å². The summed E-state index contributed by atoms with van der Waals surface area (Å²) < 4.78 is 1.73. The van der Waals surface area contributed by atoms with Crippen LogP contribution in [-0.2, 0) is 18.4 Å². The Morgan fingerprint density at radius 3 is 2.88 bits per heavy atom. The maximum Gasteiger partial charge on any atom is 0.223 e. The standard InChI is InChI=1S/C12H19N3O2/c1-15-10(4-7-14-15)9-13-11(16)8-12(17)5-2-3-6-12/h4,7,17H,2-3,5-6,8-9H2,1H3,(H,13,16). The largest absolute Gasteiger partial charge is 0.389 e. The van der Waals surface area contributed by atoms with Gasteiger partial charge >= 0.3 is 0 Å². The second-order valence-electron chi connectivity index (χ2n) is 4.83. The molecular weight excluding hydrogens is 218 g/mol.